The van der Waals surface area contributed by atoms with Gasteiger partial charge in [0.25, 0.3) is 0 Å². The van der Waals surface area contributed by atoms with E-state index in [9.17, 15) is 4.79 Å². The van der Waals surface area contributed by atoms with Gasteiger partial charge >= 0.3 is 5.97 Å². The van der Waals surface area contributed by atoms with Gasteiger partial charge in [-0.25, -0.2) is 9.78 Å². The van der Waals surface area contributed by atoms with Crippen LogP contribution in [0.2, 0.25) is 0 Å². The van der Waals surface area contributed by atoms with Crippen LogP contribution in [0.5, 0.6) is 5.75 Å². The minimum absolute atomic E-state index is 0.0876. The van der Waals surface area contributed by atoms with Crippen LogP contribution in [0.4, 0.5) is 0 Å². The van der Waals surface area contributed by atoms with Crippen molar-refractivity contribution in [2.45, 2.75) is 13.5 Å². The predicted molar refractivity (Wildman–Crippen MR) is 75.5 cm³/mol. The lowest BCUT2D eigenvalue weighted by molar-refractivity contribution is 0.0691. The Morgan fingerprint density at radius 3 is 3.00 bits per heavy atom. The first-order valence-corrected chi connectivity index (χ1v) is 6.38. The van der Waals surface area contributed by atoms with E-state index < -0.39 is 5.97 Å². The van der Waals surface area contributed by atoms with Gasteiger partial charge in [-0.1, -0.05) is 6.07 Å². The Labute approximate surface area is 120 Å². The van der Waals surface area contributed by atoms with E-state index in [1.165, 1.54) is 18.5 Å². The Bertz CT molecular complexity index is 811. The van der Waals surface area contributed by atoms with Gasteiger partial charge in [0.15, 0.2) is 5.75 Å². The third kappa shape index (κ3) is 2.69. The topological polar surface area (TPSA) is 76.7 Å². The van der Waals surface area contributed by atoms with E-state index in [-0.39, 0.29) is 17.9 Å². The molecular formula is C15H13N3O3. The number of aromatic carboxylic acids is 1. The van der Waals surface area contributed by atoms with Crippen LogP contribution in [0.15, 0.2) is 43.0 Å². The first-order chi connectivity index (χ1) is 10.1. The smallest absolute Gasteiger partial charge is 0.339 e. The monoisotopic (exact) mass is 283 g/mol. The van der Waals surface area contributed by atoms with Crippen molar-refractivity contribution in [1.29, 1.82) is 0 Å². The zero-order valence-electron chi connectivity index (χ0n) is 11.4. The third-order valence-corrected chi connectivity index (χ3v) is 3.04. The van der Waals surface area contributed by atoms with Crippen LogP contribution in [0.3, 0.4) is 0 Å². The van der Waals surface area contributed by atoms with E-state index in [2.05, 4.69) is 9.97 Å². The van der Waals surface area contributed by atoms with Gasteiger partial charge in [-0.15, -0.1) is 0 Å². The highest BCUT2D eigenvalue weighted by molar-refractivity contribution is 5.90. The van der Waals surface area contributed by atoms with E-state index in [1.807, 2.05) is 35.9 Å². The summed E-state index contributed by atoms with van der Waals surface area (Å²) in [6.07, 6.45) is 6.64. The van der Waals surface area contributed by atoms with E-state index in [4.69, 9.17) is 9.84 Å². The van der Waals surface area contributed by atoms with Crippen molar-refractivity contribution in [3.8, 4) is 5.75 Å². The maximum Gasteiger partial charge on any atom is 0.339 e. The van der Waals surface area contributed by atoms with Crippen LogP contribution in [0.25, 0.3) is 5.65 Å². The summed E-state index contributed by atoms with van der Waals surface area (Å²) < 4.78 is 7.44. The van der Waals surface area contributed by atoms with E-state index in [1.54, 1.807) is 0 Å². The standard InChI is InChI=1S/C15H13N3O3/c1-10-2-3-14-17-11(8-18(14)7-10)9-21-13-6-16-5-4-12(13)15(19)20/h2-8H,9H2,1H3,(H,19,20). The van der Waals surface area contributed by atoms with Gasteiger partial charge in [-0.05, 0) is 24.6 Å². The largest absolute Gasteiger partial charge is 0.485 e. The molecule has 3 heterocycles. The number of pyridine rings is 2. The molecule has 3 aromatic rings. The Morgan fingerprint density at radius 1 is 1.33 bits per heavy atom. The minimum Gasteiger partial charge on any atom is -0.485 e. The van der Waals surface area contributed by atoms with Crippen molar-refractivity contribution < 1.29 is 14.6 Å². The van der Waals surface area contributed by atoms with Crippen LogP contribution < -0.4 is 4.74 Å². The van der Waals surface area contributed by atoms with Gasteiger partial charge < -0.3 is 14.2 Å². The van der Waals surface area contributed by atoms with Crippen LogP contribution in [-0.2, 0) is 6.61 Å². The number of hydrogen-bond acceptors (Lipinski definition) is 4. The quantitative estimate of drug-likeness (QED) is 0.795. The lowest BCUT2D eigenvalue weighted by Gasteiger charge is -2.06. The van der Waals surface area contributed by atoms with Crippen molar-refractivity contribution in [2.24, 2.45) is 0 Å². The zero-order chi connectivity index (χ0) is 14.8. The van der Waals surface area contributed by atoms with Gasteiger partial charge in [0.05, 0.1) is 11.9 Å². The molecule has 0 radical (unpaired) electrons. The Balaban J connectivity index is 1.82. The van der Waals surface area contributed by atoms with Crippen LogP contribution in [-0.4, -0.2) is 25.4 Å². The summed E-state index contributed by atoms with van der Waals surface area (Å²) in [5.41, 5.74) is 2.77. The van der Waals surface area contributed by atoms with E-state index >= 15 is 0 Å². The Hall–Kier alpha value is -2.89. The molecule has 0 aliphatic carbocycles. The van der Waals surface area contributed by atoms with E-state index in [0.29, 0.717) is 0 Å². The molecule has 6 nitrogen and oxygen atoms in total. The van der Waals surface area contributed by atoms with Gasteiger partial charge in [0, 0.05) is 18.6 Å². The third-order valence-electron chi connectivity index (χ3n) is 3.04. The molecule has 1 N–H and O–H groups in total. The molecule has 0 saturated heterocycles. The number of aryl methyl sites for hydroxylation is 1. The van der Waals surface area contributed by atoms with Crippen LogP contribution in [0.1, 0.15) is 21.6 Å². The summed E-state index contributed by atoms with van der Waals surface area (Å²) in [6, 6.07) is 5.31. The summed E-state index contributed by atoms with van der Waals surface area (Å²) in [4.78, 5) is 19.4. The fourth-order valence-corrected chi connectivity index (χ4v) is 2.05. The van der Waals surface area contributed by atoms with Crippen molar-refractivity contribution in [1.82, 2.24) is 14.4 Å². The molecule has 3 rings (SSSR count). The van der Waals surface area contributed by atoms with Gasteiger partial charge in [0.2, 0.25) is 0 Å². The van der Waals surface area contributed by atoms with Crippen molar-refractivity contribution >= 4 is 11.6 Å². The number of nitrogens with zero attached hydrogens (tertiary/aromatic N) is 3. The Kier molecular flexibility index (Phi) is 3.27. The minimum atomic E-state index is -1.04. The number of aromatic nitrogens is 3. The van der Waals surface area contributed by atoms with Crippen molar-refractivity contribution in [3.05, 3.63) is 59.8 Å². The molecule has 0 aromatic carbocycles. The molecule has 0 atom stereocenters. The maximum atomic E-state index is 11.1. The summed E-state index contributed by atoms with van der Waals surface area (Å²) in [5.74, 6) is -0.809. The first kappa shape index (κ1) is 13.1. The second-order valence-corrected chi connectivity index (χ2v) is 4.67. The molecule has 21 heavy (non-hydrogen) atoms. The molecule has 0 spiro atoms. The number of ether oxygens (including phenoxy) is 1. The summed E-state index contributed by atoms with van der Waals surface area (Å²) >= 11 is 0. The number of hydrogen-bond donors (Lipinski definition) is 1. The summed E-state index contributed by atoms with van der Waals surface area (Å²) in [7, 11) is 0. The van der Waals surface area contributed by atoms with Crippen LogP contribution >= 0.6 is 0 Å². The first-order valence-electron chi connectivity index (χ1n) is 6.38. The number of carboxylic acids is 1. The molecule has 0 saturated carbocycles. The molecule has 106 valence electrons. The maximum absolute atomic E-state index is 11.1. The summed E-state index contributed by atoms with van der Waals surface area (Å²) in [6.45, 7) is 2.19. The van der Waals surface area contributed by atoms with Crippen LogP contribution in [0, 0.1) is 6.92 Å². The fourth-order valence-electron chi connectivity index (χ4n) is 2.05. The highest BCUT2D eigenvalue weighted by Gasteiger charge is 2.11. The van der Waals surface area contributed by atoms with Crippen molar-refractivity contribution in [3.63, 3.8) is 0 Å². The molecule has 3 aromatic heterocycles. The normalized spacial score (nSPS) is 10.7. The SMILES string of the molecule is Cc1ccc2nc(COc3cnccc3C(=O)O)cn2c1. The zero-order valence-corrected chi connectivity index (χ0v) is 11.4. The molecule has 0 fully saturated rings. The number of rotatable bonds is 4. The number of carbonyl (C=O) groups is 1. The lowest BCUT2D eigenvalue weighted by Crippen LogP contribution is -2.04. The molecule has 0 unspecified atom stereocenters. The average molecular weight is 283 g/mol. The molecular weight excluding hydrogens is 270 g/mol. The Morgan fingerprint density at radius 2 is 2.19 bits per heavy atom. The fraction of sp³-hybridized carbons (Fsp3) is 0.133. The number of carboxylic acid groups (broad SMARTS) is 1. The highest BCUT2D eigenvalue weighted by Crippen LogP contribution is 2.18. The van der Waals surface area contributed by atoms with Crippen molar-refractivity contribution in [2.75, 3.05) is 0 Å². The highest BCUT2D eigenvalue weighted by atomic mass is 16.5. The lowest BCUT2D eigenvalue weighted by atomic mass is 10.2. The van der Waals surface area contributed by atoms with Gasteiger partial charge in [-0.2, -0.15) is 0 Å². The number of fused-ring (bicyclic) bond motifs is 1. The molecule has 0 aliphatic heterocycles. The average Bonchev–Trinajstić information content (AvgIpc) is 2.87. The van der Waals surface area contributed by atoms with E-state index in [0.717, 1.165) is 16.9 Å². The second kappa shape index (κ2) is 5.24. The predicted octanol–water partition coefficient (Wildman–Crippen LogP) is 2.31. The van der Waals surface area contributed by atoms with Gasteiger partial charge in [-0.3, -0.25) is 4.98 Å². The van der Waals surface area contributed by atoms with Gasteiger partial charge in [0.1, 0.15) is 17.8 Å². The number of imidazole rings is 1. The second-order valence-electron chi connectivity index (χ2n) is 4.67. The summed E-state index contributed by atoms with van der Waals surface area (Å²) in [5, 5.41) is 9.08. The molecule has 0 aliphatic rings. The molecule has 0 bridgehead atoms. The molecule has 6 heteroatoms. The molecule has 0 amide bonds.